The normalized spacial score (nSPS) is 9.18. The van der Waals surface area contributed by atoms with Crippen LogP contribution in [0, 0.1) is 0 Å². The van der Waals surface area contributed by atoms with Gasteiger partial charge in [-0.25, -0.2) is 0 Å². The quantitative estimate of drug-likeness (QED) is 0.635. The molecule has 0 bridgehead atoms. The summed E-state index contributed by atoms with van der Waals surface area (Å²) in [5.41, 5.74) is 10.7. The molecule has 0 aromatic rings. The van der Waals surface area contributed by atoms with Gasteiger partial charge < -0.3 is 22.1 Å². The van der Waals surface area contributed by atoms with Crippen molar-refractivity contribution in [2.45, 2.75) is 52.6 Å². The van der Waals surface area contributed by atoms with Crippen molar-refractivity contribution in [2.24, 2.45) is 11.5 Å². The molecule has 0 saturated carbocycles. The summed E-state index contributed by atoms with van der Waals surface area (Å²) < 4.78 is 0. The summed E-state index contributed by atoms with van der Waals surface area (Å²) in [6, 6.07) is 0. The Morgan fingerprint density at radius 1 is 0.588 bits per heavy atom. The zero-order valence-corrected chi connectivity index (χ0v) is 16.4. The van der Waals surface area contributed by atoms with Gasteiger partial charge in [0.05, 0.1) is 0 Å². The maximum atomic E-state index is 5.35. The second kappa shape index (κ2) is 18.9. The molecule has 17 heavy (non-hydrogen) atoms. The second-order valence-corrected chi connectivity index (χ2v) is 5.63. The zero-order valence-electron chi connectivity index (χ0n) is 13.5. The summed E-state index contributed by atoms with van der Waals surface area (Å²) in [4.78, 5) is 0. The molecule has 0 aliphatic rings. The minimum absolute atomic E-state index is 0. The summed E-state index contributed by atoms with van der Waals surface area (Å²) in [5.74, 6) is 0. The van der Waals surface area contributed by atoms with Crippen LogP contribution in [0.3, 0.4) is 0 Å². The third kappa shape index (κ3) is 12500. The predicted octanol–water partition coefficient (Wildman–Crippen LogP) is 2.72. The summed E-state index contributed by atoms with van der Waals surface area (Å²) in [5, 5.41) is 7.00. The summed E-state index contributed by atoms with van der Waals surface area (Å²) >= 11 is 0. The van der Waals surface area contributed by atoms with Gasteiger partial charge in [0.15, 0.2) is 0 Å². The average Bonchev–Trinajstić information content (AvgIpc) is 1.79. The molecule has 0 spiro atoms. The first kappa shape index (κ1) is 30.5. The van der Waals surface area contributed by atoms with Crippen molar-refractivity contribution in [1.29, 1.82) is 0 Å². The second-order valence-electron chi connectivity index (χ2n) is 5.63. The van der Waals surface area contributed by atoms with Gasteiger partial charge in [-0.3, -0.25) is 0 Å². The van der Waals surface area contributed by atoms with Crippen LogP contribution in [0.25, 0.3) is 10.6 Å². The molecule has 108 valence electrons. The Hall–Kier alpha value is 0.528. The van der Waals surface area contributed by atoms with E-state index in [0.717, 1.165) is 0 Å². The van der Waals surface area contributed by atoms with Crippen molar-refractivity contribution in [3.63, 3.8) is 0 Å². The van der Waals surface area contributed by atoms with Crippen molar-refractivity contribution in [1.82, 2.24) is 0 Å². The fraction of sp³-hybridized carbons (Fsp3) is 1.00. The summed E-state index contributed by atoms with van der Waals surface area (Å²) in [7, 11) is 7.00. The third-order valence-corrected chi connectivity index (χ3v) is 0. The Morgan fingerprint density at radius 2 is 0.588 bits per heavy atom. The topological polar surface area (TPSA) is 80.2 Å². The van der Waals surface area contributed by atoms with Crippen LogP contribution >= 0.6 is 0 Å². The smallest absolute Gasteiger partial charge is 0.668 e. The number of nitrogens with zero attached hydrogens (tertiary/aromatic N) is 2. The van der Waals surface area contributed by atoms with E-state index in [4.69, 9.17) is 11.5 Å². The number of nitrogens with two attached hydrogens (primary N) is 2. The van der Waals surface area contributed by atoms with Crippen LogP contribution in [0.15, 0.2) is 0 Å². The van der Waals surface area contributed by atoms with Gasteiger partial charge in [-0.2, -0.15) is 28.2 Å². The van der Waals surface area contributed by atoms with Crippen molar-refractivity contribution in [3.05, 3.63) is 10.6 Å². The Balaban J connectivity index is -0.0000000381. The van der Waals surface area contributed by atoms with Gasteiger partial charge in [0.2, 0.25) is 0 Å². The van der Waals surface area contributed by atoms with Crippen molar-refractivity contribution < 1.29 is 21.1 Å². The van der Waals surface area contributed by atoms with Gasteiger partial charge >= 0.3 is 21.1 Å². The monoisotopic (exact) mass is 418 g/mol. The molecule has 5 heteroatoms. The van der Waals surface area contributed by atoms with Crippen molar-refractivity contribution >= 4 is 0 Å². The minimum atomic E-state index is 0. The molecule has 0 aromatic carbocycles. The molecule has 0 aliphatic carbocycles. The van der Waals surface area contributed by atoms with Crippen molar-refractivity contribution in [3.8, 4) is 0 Å². The van der Waals surface area contributed by atoms with Gasteiger partial charge in [-0.05, 0) is 41.5 Å². The van der Waals surface area contributed by atoms with Crippen LogP contribution in [0.4, 0.5) is 0 Å². The molecule has 0 fully saturated rings. The van der Waals surface area contributed by atoms with Crippen molar-refractivity contribution in [2.75, 3.05) is 28.2 Å². The van der Waals surface area contributed by atoms with E-state index in [1.165, 1.54) is 0 Å². The van der Waals surface area contributed by atoms with Gasteiger partial charge in [0.25, 0.3) is 0 Å². The molecular formula is C12H34N4W. The number of hydrogen-bond acceptors (Lipinski definition) is 2. The summed E-state index contributed by atoms with van der Waals surface area (Å²) in [6.45, 7) is 11.8. The molecule has 0 rings (SSSR count). The first-order chi connectivity index (χ1) is 6.83. The Labute approximate surface area is 124 Å². The fourth-order valence-electron chi connectivity index (χ4n) is 0. The molecule has 0 atom stereocenters. The van der Waals surface area contributed by atoms with E-state index in [1.54, 1.807) is 28.2 Å². The van der Waals surface area contributed by atoms with E-state index >= 15 is 0 Å². The van der Waals surface area contributed by atoms with Gasteiger partial charge in [-0.15, -0.1) is 0 Å². The largest absolute Gasteiger partial charge is 2.00 e. The van der Waals surface area contributed by atoms with E-state index in [9.17, 15) is 0 Å². The average molecular weight is 418 g/mol. The van der Waals surface area contributed by atoms with E-state index in [1.807, 2.05) is 41.5 Å². The molecule has 0 aliphatic heterocycles. The number of rotatable bonds is 0. The molecule has 0 unspecified atom stereocenters. The molecule has 0 amide bonds. The molecule has 0 heterocycles. The molecule has 4 N–H and O–H groups in total. The standard InChI is InChI=1S/2C4H11N.2C2H6N.W/c2*1-4(2,3)5;2*1-3-2;/h2*5H2,1-3H3;2*1-2H3;/q;;2*-1;+2. The SMILES string of the molecule is CC(C)(C)N.CC(C)(C)N.C[N-]C.C[N-]C.[W+2]. The Bertz CT molecular complexity index is 80.1. The summed E-state index contributed by atoms with van der Waals surface area (Å²) in [6.07, 6.45) is 0. The maximum Gasteiger partial charge on any atom is 2.00 e. The zero-order chi connectivity index (χ0) is 14.4. The first-order valence-electron chi connectivity index (χ1n) is 5.37. The van der Waals surface area contributed by atoms with Gasteiger partial charge in [0, 0.05) is 11.1 Å². The predicted molar refractivity (Wildman–Crippen MR) is 78.3 cm³/mol. The van der Waals surface area contributed by atoms with Crippen LogP contribution in [0.2, 0.25) is 0 Å². The van der Waals surface area contributed by atoms with Crippen LogP contribution in [-0.4, -0.2) is 39.3 Å². The molecular weight excluding hydrogens is 384 g/mol. The van der Waals surface area contributed by atoms with Crippen LogP contribution in [0.5, 0.6) is 0 Å². The Morgan fingerprint density at radius 3 is 0.588 bits per heavy atom. The van der Waals surface area contributed by atoms with Crippen LogP contribution in [0.1, 0.15) is 41.5 Å². The Kier molecular flexibility index (Phi) is 33.9. The van der Waals surface area contributed by atoms with E-state index < -0.39 is 0 Å². The fourth-order valence-corrected chi connectivity index (χ4v) is 0. The third-order valence-electron chi connectivity index (χ3n) is 0. The first-order valence-corrected chi connectivity index (χ1v) is 5.37. The minimum Gasteiger partial charge on any atom is -0.668 e. The van der Waals surface area contributed by atoms with E-state index in [2.05, 4.69) is 10.6 Å². The van der Waals surface area contributed by atoms with Crippen LogP contribution < -0.4 is 11.5 Å². The van der Waals surface area contributed by atoms with Crippen LogP contribution in [-0.2, 0) is 21.1 Å². The molecule has 0 aromatic heterocycles. The van der Waals surface area contributed by atoms with E-state index in [-0.39, 0.29) is 32.1 Å². The maximum absolute atomic E-state index is 5.35. The molecule has 0 saturated heterocycles. The molecule has 0 radical (unpaired) electrons. The number of hydrogen-bond donors (Lipinski definition) is 2. The molecule has 4 nitrogen and oxygen atoms in total. The van der Waals surface area contributed by atoms with E-state index in [0.29, 0.717) is 0 Å². The van der Waals surface area contributed by atoms with Gasteiger partial charge in [0.1, 0.15) is 0 Å². The van der Waals surface area contributed by atoms with Gasteiger partial charge in [-0.1, -0.05) is 0 Å².